The summed E-state index contributed by atoms with van der Waals surface area (Å²) in [6.45, 7) is 2.33. The maximum absolute atomic E-state index is 13.8. The minimum Gasteiger partial charge on any atom is -0.462 e. The highest BCUT2D eigenvalue weighted by molar-refractivity contribution is 9.10. The van der Waals surface area contributed by atoms with Gasteiger partial charge >= 0.3 is 5.97 Å². The summed E-state index contributed by atoms with van der Waals surface area (Å²) in [7, 11) is 1.72. The molecule has 0 unspecified atom stereocenters. The molecule has 2 aromatic rings. The molecule has 0 aliphatic rings. The van der Waals surface area contributed by atoms with Crippen LogP contribution in [0.5, 0.6) is 0 Å². The van der Waals surface area contributed by atoms with Crippen LogP contribution in [-0.4, -0.2) is 37.0 Å². The number of likely N-dealkylation sites (N-methyl/N-ethyl adjacent to an activating group) is 1. The predicted molar refractivity (Wildman–Crippen MR) is 99.3 cm³/mol. The Bertz CT molecular complexity index is 766. The van der Waals surface area contributed by atoms with Gasteiger partial charge in [0.05, 0.1) is 18.7 Å². The number of hydrogen-bond donors (Lipinski definition) is 1. The second-order valence-electron chi connectivity index (χ2n) is 5.34. The second kappa shape index (κ2) is 9.07. The summed E-state index contributed by atoms with van der Waals surface area (Å²) in [4.78, 5) is 25.7. The predicted octanol–water partition coefficient (Wildman–Crippen LogP) is 3.90. The van der Waals surface area contributed by atoms with Crippen LogP contribution < -0.4 is 5.32 Å². The average Bonchev–Trinajstić information content (AvgIpc) is 2.99. The topological polar surface area (TPSA) is 58.6 Å². The van der Waals surface area contributed by atoms with Crippen LogP contribution in [0.3, 0.4) is 0 Å². The van der Waals surface area contributed by atoms with Crippen LogP contribution >= 0.6 is 27.3 Å². The van der Waals surface area contributed by atoms with Gasteiger partial charge in [0.1, 0.15) is 10.8 Å². The first-order valence-corrected chi connectivity index (χ1v) is 9.25. The van der Waals surface area contributed by atoms with Crippen molar-refractivity contribution in [1.29, 1.82) is 0 Å². The van der Waals surface area contributed by atoms with E-state index in [0.717, 1.165) is 4.47 Å². The molecule has 1 N–H and O–H groups in total. The molecule has 0 saturated heterocycles. The molecule has 1 aromatic carbocycles. The van der Waals surface area contributed by atoms with E-state index >= 15 is 0 Å². The fraction of sp³-hybridized carbons (Fsp3) is 0.294. The Balaban J connectivity index is 1.95. The van der Waals surface area contributed by atoms with Crippen LogP contribution in [0.15, 0.2) is 34.1 Å². The highest BCUT2D eigenvalue weighted by Crippen LogP contribution is 2.24. The fourth-order valence-electron chi connectivity index (χ4n) is 2.20. The van der Waals surface area contributed by atoms with E-state index in [1.165, 1.54) is 17.4 Å². The summed E-state index contributed by atoms with van der Waals surface area (Å²) < 4.78 is 19.5. The van der Waals surface area contributed by atoms with Crippen molar-refractivity contribution >= 4 is 44.1 Å². The van der Waals surface area contributed by atoms with Crippen LogP contribution in [0.4, 0.5) is 9.39 Å². The number of nitrogens with zero attached hydrogens (tertiary/aromatic N) is 1. The Morgan fingerprint density at radius 1 is 1.36 bits per heavy atom. The Labute approximate surface area is 157 Å². The molecule has 0 saturated carbocycles. The normalized spacial score (nSPS) is 10.8. The molecule has 8 heteroatoms. The van der Waals surface area contributed by atoms with Gasteiger partial charge in [-0.15, -0.1) is 11.3 Å². The van der Waals surface area contributed by atoms with Crippen molar-refractivity contribution in [1.82, 2.24) is 4.90 Å². The number of halogens is 2. The molecule has 1 amide bonds. The van der Waals surface area contributed by atoms with E-state index in [4.69, 9.17) is 4.74 Å². The summed E-state index contributed by atoms with van der Waals surface area (Å²) in [6.07, 6.45) is 0. The van der Waals surface area contributed by atoms with Crippen molar-refractivity contribution in [3.8, 4) is 0 Å². The molecule has 1 heterocycles. The summed E-state index contributed by atoms with van der Waals surface area (Å²) in [6, 6.07) is 6.30. The molecule has 2 rings (SSSR count). The molecule has 0 aliphatic heterocycles. The molecule has 5 nitrogen and oxygen atoms in total. The number of rotatable bonds is 7. The van der Waals surface area contributed by atoms with Gasteiger partial charge in [-0.05, 0) is 43.6 Å². The van der Waals surface area contributed by atoms with Gasteiger partial charge in [0.15, 0.2) is 0 Å². The first kappa shape index (κ1) is 19.6. The zero-order chi connectivity index (χ0) is 18.4. The number of amides is 1. The van der Waals surface area contributed by atoms with Crippen molar-refractivity contribution in [3.05, 3.63) is 51.1 Å². The van der Waals surface area contributed by atoms with Crippen molar-refractivity contribution in [3.63, 3.8) is 0 Å². The number of nitrogens with one attached hydrogen (secondary N) is 1. The van der Waals surface area contributed by atoms with E-state index in [1.54, 1.807) is 42.5 Å². The highest BCUT2D eigenvalue weighted by atomic mass is 79.9. The van der Waals surface area contributed by atoms with Crippen molar-refractivity contribution in [2.75, 3.05) is 25.5 Å². The minimum atomic E-state index is -0.469. The van der Waals surface area contributed by atoms with Gasteiger partial charge in [0, 0.05) is 16.6 Å². The van der Waals surface area contributed by atoms with Gasteiger partial charge in [0.25, 0.3) is 0 Å². The van der Waals surface area contributed by atoms with Gasteiger partial charge in [-0.2, -0.15) is 0 Å². The number of ether oxygens (including phenoxy) is 1. The molecule has 0 spiro atoms. The lowest BCUT2D eigenvalue weighted by atomic mass is 10.2. The van der Waals surface area contributed by atoms with Crippen LogP contribution in [0, 0.1) is 5.82 Å². The van der Waals surface area contributed by atoms with E-state index in [9.17, 15) is 14.0 Å². The van der Waals surface area contributed by atoms with Crippen LogP contribution in [0.25, 0.3) is 0 Å². The third-order valence-corrected chi connectivity index (χ3v) is 4.60. The van der Waals surface area contributed by atoms with Gasteiger partial charge in [0.2, 0.25) is 5.91 Å². The van der Waals surface area contributed by atoms with Gasteiger partial charge in [-0.1, -0.05) is 15.9 Å². The van der Waals surface area contributed by atoms with Crippen LogP contribution in [0.1, 0.15) is 22.8 Å². The number of esters is 1. The van der Waals surface area contributed by atoms with E-state index in [0.29, 0.717) is 16.1 Å². The molecular formula is C17H18BrFN2O3S. The van der Waals surface area contributed by atoms with Gasteiger partial charge < -0.3 is 10.1 Å². The van der Waals surface area contributed by atoms with E-state index in [-0.39, 0.29) is 31.4 Å². The van der Waals surface area contributed by atoms with Crippen LogP contribution in [-0.2, 0) is 16.1 Å². The zero-order valence-corrected chi connectivity index (χ0v) is 16.2. The molecule has 25 heavy (non-hydrogen) atoms. The van der Waals surface area contributed by atoms with Crippen molar-refractivity contribution < 1.29 is 18.7 Å². The Hall–Kier alpha value is -1.77. The molecule has 134 valence electrons. The van der Waals surface area contributed by atoms with Crippen molar-refractivity contribution in [2.24, 2.45) is 0 Å². The third kappa shape index (κ3) is 5.62. The summed E-state index contributed by atoms with van der Waals surface area (Å²) in [5, 5.41) is 4.87. The van der Waals surface area contributed by atoms with Gasteiger partial charge in [-0.25, -0.2) is 9.18 Å². The van der Waals surface area contributed by atoms with E-state index in [2.05, 4.69) is 21.2 Å². The maximum atomic E-state index is 13.8. The van der Waals surface area contributed by atoms with Gasteiger partial charge in [-0.3, -0.25) is 9.69 Å². The number of carbonyl (C=O) groups is 2. The SMILES string of the molecule is CCOC(=O)c1ccsc1NC(=O)CN(C)Cc1cc(Br)ccc1F. The lowest BCUT2D eigenvalue weighted by Crippen LogP contribution is -2.30. The van der Waals surface area contributed by atoms with Crippen LogP contribution in [0.2, 0.25) is 0 Å². The summed E-state index contributed by atoms with van der Waals surface area (Å²) >= 11 is 4.55. The molecule has 0 aliphatic carbocycles. The highest BCUT2D eigenvalue weighted by Gasteiger charge is 2.17. The first-order valence-electron chi connectivity index (χ1n) is 7.57. The molecular weight excluding hydrogens is 411 g/mol. The first-order chi connectivity index (χ1) is 11.9. The molecule has 0 fully saturated rings. The monoisotopic (exact) mass is 428 g/mol. The molecule has 0 radical (unpaired) electrons. The van der Waals surface area contributed by atoms with E-state index < -0.39 is 5.97 Å². The molecule has 0 bridgehead atoms. The number of thiophene rings is 1. The summed E-state index contributed by atoms with van der Waals surface area (Å²) in [5.74, 6) is -1.08. The second-order valence-corrected chi connectivity index (χ2v) is 7.17. The third-order valence-electron chi connectivity index (χ3n) is 3.28. The molecule has 1 aromatic heterocycles. The number of hydrogen-bond acceptors (Lipinski definition) is 5. The Morgan fingerprint density at radius 3 is 2.84 bits per heavy atom. The number of benzene rings is 1. The van der Waals surface area contributed by atoms with E-state index in [1.807, 2.05) is 0 Å². The maximum Gasteiger partial charge on any atom is 0.341 e. The summed E-state index contributed by atoms with van der Waals surface area (Å²) in [5.41, 5.74) is 0.828. The quantitative estimate of drug-likeness (QED) is 0.679. The standard InChI is InChI=1S/C17H18BrFN2O3S/c1-3-24-17(23)13-6-7-25-16(13)20-15(22)10-21(2)9-11-8-12(18)4-5-14(11)19/h4-8H,3,9-10H2,1-2H3,(H,20,22). The number of carbonyl (C=O) groups excluding carboxylic acids is 2. The van der Waals surface area contributed by atoms with Crippen molar-refractivity contribution in [2.45, 2.75) is 13.5 Å². The Kier molecular flexibility index (Phi) is 7.10. The Morgan fingerprint density at radius 2 is 2.12 bits per heavy atom. The smallest absolute Gasteiger partial charge is 0.341 e. The lowest BCUT2D eigenvalue weighted by Gasteiger charge is -2.17. The largest absolute Gasteiger partial charge is 0.462 e. The fourth-order valence-corrected chi connectivity index (χ4v) is 3.40. The number of anilines is 1. The lowest BCUT2D eigenvalue weighted by molar-refractivity contribution is -0.117. The minimum absolute atomic E-state index is 0.0616. The average molecular weight is 429 g/mol. The zero-order valence-electron chi connectivity index (χ0n) is 13.8. The molecule has 0 atom stereocenters.